The van der Waals surface area contributed by atoms with Gasteiger partial charge in [-0.1, -0.05) is 6.07 Å². The molecule has 0 unspecified atom stereocenters. The van der Waals surface area contributed by atoms with E-state index in [0.29, 0.717) is 16.1 Å². The van der Waals surface area contributed by atoms with E-state index in [0.717, 1.165) is 5.69 Å². The van der Waals surface area contributed by atoms with Gasteiger partial charge in [0.25, 0.3) is 0 Å². The van der Waals surface area contributed by atoms with E-state index >= 15 is 0 Å². The van der Waals surface area contributed by atoms with Gasteiger partial charge in [-0.15, -0.1) is 0 Å². The molecule has 5 nitrogen and oxygen atoms in total. The molecule has 1 aromatic heterocycles. The van der Waals surface area contributed by atoms with E-state index in [4.69, 9.17) is 10.5 Å². The van der Waals surface area contributed by atoms with Crippen LogP contribution in [0.4, 0.5) is 11.6 Å². The first-order chi connectivity index (χ1) is 8.56. The van der Waals surface area contributed by atoms with Crippen LogP contribution < -0.4 is 15.4 Å². The lowest BCUT2D eigenvalue weighted by Crippen LogP contribution is -2.08. The summed E-state index contributed by atoms with van der Waals surface area (Å²) >= 11 is 3.32. The number of hydrogen-bond donors (Lipinski definition) is 1. The Morgan fingerprint density at radius 3 is 2.83 bits per heavy atom. The average Bonchev–Trinajstić information content (AvgIpc) is 2.34. The molecule has 18 heavy (non-hydrogen) atoms. The van der Waals surface area contributed by atoms with Crippen LogP contribution in [0.15, 0.2) is 34.9 Å². The van der Waals surface area contributed by atoms with Gasteiger partial charge in [-0.05, 0) is 28.1 Å². The smallest absolute Gasteiger partial charge is 0.238 e. The fourth-order valence-corrected chi connectivity index (χ4v) is 1.64. The molecule has 0 spiro atoms. The van der Waals surface area contributed by atoms with Crippen molar-refractivity contribution in [2.75, 3.05) is 24.7 Å². The lowest BCUT2D eigenvalue weighted by Gasteiger charge is -2.14. The minimum absolute atomic E-state index is 0.178. The molecule has 0 aliphatic heterocycles. The quantitative estimate of drug-likeness (QED) is 0.944. The molecule has 0 saturated carbocycles. The molecule has 0 atom stereocenters. The van der Waals surface area contributed by atoms with Crippen LogP contribution in [0.5, 0.6) is 11.6 Å². The van der Waals surface area contributed by atoms with E-state index in [1.165, 1.54) is 0 Å². The van der Waals surface area contributed by atoms with Gasteiger partial charge >= 0.3 is 0 Å². The van der Waals surface area contributed by atoms with Crippen LogP contribution in [0, 0.1) is 0 Å². The fourth-order valence-electron chi connectivity index (χ4n) is 1.37. The number of halogens is 1. The number of nitrogens with two attached hydrogens (primary N) is 1. The van der Waals surface area contributed by atoms with Crippen LogP contribution in [0.3, 0.4) is 0 Å². The topological polar surface area (TPSA) is 64.3 Å². The average molecular weight is 309 g/mol. The standard InChI is InChI=1S/C12H13BrN4O/c1-17(2)8-4-3-5-9(6-8)18-11-10(13)7-15-12(14)16-11/h3-7H,1-2H3,(H2,14,15,16). The number of nitrogen functional groups attached to an aromatic ring is 1. The summed E-state index contributed by atoms with van der Waals surface area (Å²) in [5, 5.41) is 0. The van der Waals surface area contributed by atoms with Crippen molar-refractivity contribution in [3.63, 3.8) is 0 Å². The Kier molecular flexibility index (Phi) is 3.66. The van der Waals surface area contributed by atoms with Gasteiger partial charge in [-0.2, -0.15) is 4.98 Å². The van der Waals surface area contributed by atoms with Crippen molar-refractivity contribution < 1.29 is 4.74 Å². The summed E-state index contributed by atoms with van der Waals surface area (Å²) in [6, 6.07) is 7.70. The van der Waals surface area contributed by atoms with Gasteiger partial charge in [0.1, 0.15) is 5.75 Å². The van der Waals surface area contributed by atoms with Crippen LogP contribution in [0.2, 0.25) is 0 Å². The highest BCUT2D eigenvalue weighted by atomic mass is 79.9. The molecule has 0 aliphatic rings. The largest absolute Gasteiger partial charge is 0.438 e. The molecule has 2 rings (SSSR count). The predicted octanol–water partition coefficient (Wildman–Crippen LogP) is 2.68. The summed E-state index contributed by atoms with van der Waals surface area (Å²) in [7, 11) is 3.94. The number of nitrogens with zero attached hydrogens (tertiary/aromatic N) is 3. The zero-order chi connectivity index (χ0) is 13.1. The zero-order valence-corrected chi connectivity index (χ0v) is 11.7. The summed E-state index contributed by atoms with van der Waals surface area (Å²) in [5.74, 6) is 1.27. The van der Waals surface area contributed by atoms with Crippen molar-refractivity contribution in [2.45, 2.75) is 0 Å². The van der Waals surface area contributed by atoms with Crippen molar-refractivity contribution >= 4 is 27.6 Å². The van der Waals surface area contributed by atoms with Crippen molar-refractivity contribution in [3.8, 4) is 11.6 Å². The Balaban J connectivity index is 2.28. The first-order valence-corrected chi connectivity index (χ1v) is 6.09. The van der Waals surface area contributed by atoms with Gasteiger partial charge < -0.3 is 15.4 Å². The van der Waals surface area contributed by atoms with Gasteiger partial charge in [0.05, 0.1) is 10.7 Å². The van der Waals surface area contributed by atoms with E-state index < -0.39 is 0 Å². The molecule has 2 N–H and O–H groups in total. The molecule has 2 aromatic rings. The first-order valence-electron chi connectivity index (χ1n) is 5.29. The molecular formula is C12H13BrN4O. The van der Waals surface area contributed by atoms with Gasteiger partial charge in [0.2, 0.25) is 11.8 Å². The molecule has 1 aromatic carbocycles. The van der Waals surface area contributed by atoms with Crippen LogP contribution in [0.1, 0.15) is 0 Å². The zero-order valence-electron chi connectivity index (χ0n) is 10.1. The van der Waals surface area contributed by atoms with Crippen molar-refractivity contribution in [3.05, 3.63) is 34.9 Å². The summed E-state index contributed by atoms with van der Waals surface area (Å²) in [4.78, 5) is 9.88. The van der Waals surface area contributed by atoms with Crippen LogP contribution >= 0.6 is 15.9 Å². The summed E-state index contributed by atoms with van der Waals surface area (Å²) < 4.78 is 6.34. The molecule has 1 heterocycles. The lowest BCUT2D eigenvalue weighted by atomic mass is 10.3. The molecular weight excluding hydrogens is 296 g/mol. The summed E-state index contributed by atoms with van der Waals surface area (Å²) in [6.45, 7) is 0. The Morgan fingerprint density at radius 2 is 2.11 bits per heavy atom. The van der Waals surface area contributed by atoms with Crippen LogP contribution in [-0.4, -0.2) is 24.1 Å². The molecule has 0 fully saturated rings. The maximum atomic E-state index is 5.68. The maximum absolute atomic E-state index is 5.68. The number of aromatic nitrogens is 2. The molecule has 0 aliphatic carbocycles. The van der Waals surface area contributed by atoms with Crippen molar-refractivity contribution in [1.29, 1.82) is 0 Å². The highest BCUT2D eigenvalue weighted by Crippen LogP contribution is 2.29. The number of anilines is 2. The second-order valence-electron chi connectivity index (χ2n) is 3.88. The third-order valence-corrected chi connectivity index (χ3v) is 2.82. The Bertz CT molecular complexity index is 560. The van der Waals surface area contributed by atoms with E-state index in [1.54, 1.807) is 6.20 Å². The van der Waals surface area contributed by atoms with Crippen molar-refractivity contribution in [1.82, 2.24) is 9.97 Å². The molecule has 0 radical (unpaired) electrons. The Hall–Kier alpha value is -1.82. The van der Waals surface area contributed by atoms with Crippen LogP contribution in [-0.2, 0) is 0 Å². The Morgan fingerprint density at radius 1 is 1.33 bits per heavy atom. The second kappa shape index (κ2) is 5.22. The molecule has 0 amide bonds. The number of benzene rings is 1. The third-order valence-electron chi connectivity index (χ3n) is 2.28. The van der Waals surface area contributed by atoms with Gasteiger partial charge in [0.15, 0.2) is 0 Å². The van der Waals surface area contributed by atoms with Gasteiger partial charge in [-0.3, -0.25) is 0 Å². The number of hydrogen-bond acceptors (Lipinski definition) is 5. The van der Waals surface area contributed by atoms with E-state index in [2.05, 4.69) is 25.9 Å². The highest BCUT2D eigenvalue weighted by Gasteiger charge is 2.07. The molecule has 6 heteroatoms. The number of ether oxygens (including phenoxy) is 1. The molecule has 0 saturated heterocycles. The SMILES string of the molecule is CN(C)c1cccc(Oc2nc(N)ncc2Br)c1. The second-order valence-corrected chi connectivity index (χ2v) is 4.73. The highest BCUT2D eigenvalue weighted by molar-refractivity contribution is 9.10. The fraction of sp³-hybridized carbons (Fsp3) is 0.167. The lowest BCUT2D eigenvalue weighted by molar-refractivity contribution is 0.459. The predicted molar refractivity (Wildman–Crippen MR) is 75.0 cm³/mol. The van der Waals surface area contributed by atoms with Crippen molar-refractivity contribution in [2.24, 2.45) is 0 Å². The third kappa shape index (κ3) is 2.89. The first kappa shape index (κ1) is 12.6. The Labute approximate surface area is 114 Å². The summed E-state index contributed by atoms with van der Waals surface area (Å²) in [5.41, 5.74) is 6.57. The minimum Gasteiger partial charge on any atom is -0.438 e. The van der Waals surface area contributed by atoms with E-state index in [-0.39, 0.29) is 5.95 Å². The minimum atomic E-state index is 0.178. The maximum Gasteiger partial charge on any atom is 0.238 e. The van der Waals surface area contributed by atoms with E-state index in [1.807, 2.05) is 43.3 Å². The monoisotopic (exact) mass is 308 g/mol. The van der Waals surface area contributed by atoms with Gasteiger partial charge in [-0.25, -0.2) is 4.98 Å². The number of rotatable bonds is 3. The van der Waals surface area contributed by atoms with Gasteiger partial charge in [0, 0.05) is 25.8 Å². The van der Waals surface area contributed by atoms with E-state index in [9.17, 15) is 0 Å². The molecule has 94 valence electrons. The normalized spacial score (nSPS) is 10.2. The molecule has 0 bridgehead atoms. The summed E-state index contributed by atoms with van der Waals surface area (Å²) in [6.07, 6.45) is 1.56. The van der Waals surface area contributed by atoms with Crippen LogP contribution in [0.25, 0.3) is 0 Å².